The molecule has 0 bridgehead atoms. The van der Waals surface area contributed by atoms with E-state index in [1.165, 1.54) is 57.8 Å². The largest absolute Gasteiger partial charge is 0.469 e. The monoisotopic (exact) mass is 817 g/mol. The number of ether oxygens (including phenoxy) is 2. The maximum atomic E-state index is 12.4. The van der Waals surface area contributed by atoms with E-state index < -0.39 is 38.6 Å². The molecular weight excluding hydrogens is 739 g/mol. The van der Waals surface area contributed by atoms with E-state index in [-0.39, 0.29) is 19.4 Å². The normalized spacial score (nSPS) is 14.0. The van der Waals surface area contributed by atoms with Crippen LogP contribution in [0.5, 0.6) is 0 Å². The number of hydrogen-bond donors (Lipinski definition) is 3. The summed E-state index contributed by atoms with van der Waals surface area (Å²) in [6, 6.07) is 0. The summed E-state index contributed by atoms with van der Waals surface area (Å²) in [7, 11) is -4.79. The van der Waals surface area contributed by atoms with Gasteiger partial charge in [-0.3, -0.25) is 14.1 Å². The fourth-order valence-electron chi connectivity index (χ4n) is 5.45. The first-order valence-electron chi connectivity index (χ1n) is 21.6. The van der Waals surface area contributed by atoms with Gasteiger partial charge in [-0.05, 0) is 77.0 Å². The van der Waals surface area contributed by atoms with Crippen LogP contribution in [0.1, 0.15) is 162 Å². The average molecular weight is 817 g/mol. The lowest BCUT2D eigenvalue weighted by atomic mass is 10.1. The van der Waals surface area contributed by atoms with Gasteiger partial charge in [-0.1, -0.05) is 169 Å². The number of esters is 2. The number of unbranched alkanes of at least 4 members (excludes halogenated alkanes) is 12. The zero-order chi connectivity index (χ0) is 41.9. The highest BCUT2D eigenvalue weighted by atomic mass is 31.2. The lowest BCUT2D eigenvalue weighted by molar-refractivity contribution is -0.161. The lowest BCUT2D eigenvalue weighted by Crippen LogP contribution is -2.29. The van der Waals surface area contributed by atoms with Crippen LogP contribution in [-0.2, 0) is 28.2 Å². The number of carbonyl (C=O) groups is 2. The molecule has 3 N–H and O–H groups in total. The molecule has 0 aromatic heterocycles. The maximum absolute atomic E-state index is 12.4. The molecule has 0 aliphatic heterocycles. The second-order valence-corrected chi connectivity index (χ2v) is 15.4. The highest BCUT2D eigenvalue weighted by Crippen LogP contribution is 2.36. The molecular formula is C47H77O9P. The zero-order valence-electron chi connectivity index (χ0n) is 35.3. The average Bonchev–Trinajstić information content (AvgIpc) is 3.18. The highest BCUT2D eigenvalue weighted by Gasteiger charge is 2.22. The van der Waals surface area contributed by atoms with Crippen LogP contribution in [0, 0.1) is 0 Å². The van der Waals surface area contributed by atoms with E-state index in [4.69, 9.17) is 19.3 Å². The van der Waals surface area contributed by atoms with Crippen LogP contribution in [0.2, 0.25) is 0 Å². The SMILES string of the molecule is CC/C=C\CC(O)/C=C/C=C/C/C=C\C/C=C\C/C=C\CCC(=O)OC[C@H](COP(=O)(O)O)OC(=O)CCCCCCCCCCC/C=C\C/C=C\CCCCC. The standard InChI is InChI=1S/C47H77O9P/c1-3-5-7-8-9-10-11-12-13-14-15-16-17-20-24-27-30-33-37-41-47(50)56-45(43-55-57(51,52)53)42-54-46(49)40-36-32-29-26-23-21-18-19-22-25-28-31-35-39-44(48)38-34-6-4-2/h6,9-10,12-13,19,21-23,28-29,31-32,34-35,39,44-45,48H,3-5,7-8,11,14-18,20,24-27,30,33,36-38,40-43H2,1-2H3,(H2,51,52,53)/b10-9-,13-12-,22-19-,23-21-,31-28+,32-29-,34-6-,39-35+/t44?,45-/m1/s1. The number of aliphatic hydroxyl groups excluding tert-OH is 1. The van der Waals surface area contributed by atoms with Crippen LogP contribution in [-0.4, -0.2) is 52.3 Å². The molecule has 0 aliphatic rings. The van der Waals surface area contributed by atoms with Crippen LogP contribution < -0.4 is 0 Å². The molecule has 0 aliphatic carbocycles. The molecule has 9 nitrogen and oxygen atoms in total. The minimum Gasteiger partial charge on any atom is -0.462 e. The van der Waals surface area contributed by atoms with Crippen molar-refractivity contribution in [3.63, 3.8) is 0 Å². The zero-order valence-corrected chi connectivity index (χ0v) is 36.2. The van der Waals surface area contributed by atoms with Gasteiger partial charge in [0.15, 0.2) is 6.10 Å². The van der Waals surface area contributed by atoms with E-state index in [1.54, 1.807) is 6.08 Å². The molecule has 0 aromatic rings. The summed E-state index contributed by atoms with van der Waals surface area (Å²) < 4.78 is 26.3. The quantitative estimate of drug-likeness (QED) is 0.0183. The summed E-state index contributed by atoms with van der Waals surface area (Å²) in [6.07, 6.45) is 53.2. The third-order valence-corrected chi connectivity index (χ3v) is 9.17. The van der Waals surface area contributed by atoms with Gasteiger partial charge in [0.25, 0.3) is 0 Å². The molecule has 0 aromatic carbocycles. The van der Waals surface area contributed by atoms with Gasteiger partial charge in [0, 0.05) is 12.8 Å². The predicted octanol–water partition coefficient (Wildman–Crippen LogP) is 12.4. The lowest BCUT2D eigenvalue weighted by Gasteiger charge is -2.18. The first-order chi connectivity index (χ1) is 27.7. The van der Waals surface area contributed by atoms with Crippen molar-refractivity contribution in [2.24, 2.45) is 0 Å². The first kappa shape index (κ1) is 53.9. The van der Waals surface area contributed by atoms with Gasteiger partial charge in [-0.25, -0.2) is 4.57 Å². The topological polar surface area (TPSA) is 140 Å². The molecule has 10 heteroatoms. The minimum atomic E-state index is -4.79. The molecule has 0 fully saturated rings. The minimum absolute atomic E-state index is 0.120. The van der Waals surface area contributed by atoms with E-state index in [0.717, 1.165) is 57.8 Å². The van der Waals surface area contributed by atoms with Gasteiger partial charge in [0.2, 0.25) is 0 Å². The molecule has 0 saturated heterocycles. The van der Waals surface area contributed by atoms with Crippen molar-refractivity contribution in [2.45, 2.75) is 174 Å². The molecule has 324 valence electrons. The van der Waals surface area contributed by atoms with Gasteiger partial charge < -0.3 is 24.4 Å². The number of hydrogen-bond acceptors (Lipinski definition) is 7. The fourth-order valence-corrected chi connectivity index (χ4v) is 5.81. The molecule has 2 atom stereocenters. The number of phosphoric ester groups is 1. The highest BCUT2D eigenvalue weighted by molar-refractivity contribution is 7.46. The Morgan fingerprint density at radius 3 is 1.67 bits per heavy atom. The Bertz CT molecular complexity index is 1260. The number of carbonyl (C=O) groups excluding carboxylic acids is 2. The van der Waals surface area contributed by atoms with E-state index in [0.29, 0.717) is 19.3 Å². The van der Waals surface area contributed by atoms with Crippen molar-refractivity contribution in [2.75, 3.05) is 13.2 Å². The molecule has 0 saturated carbocycles. The molecule has 57 heavy (non-hydrogen) atoms. The summed E-state index contributed by atoms with van der Waals surface area (Å²) in [5, 5.41) is 9.82. The van der Waals surface area contributed by atoms with Crippen LogP contribution >= 0.6 is 7.82 Å². The molecule has 0 heterocycles. The van der Waals surface area contributed by atoms with Crippen LogP contribution in [0.25, 0.3) is 0 Å². The number of rotatable bonds is 38. The fraction of sp³-hybridized carbons (Fsp3) is 0.617. The molecule has 0 rings (SSSR count). The van der Waals surface area contributed by atoms with E-state index in [2.05, 4.69) is 60.9 Å². The summed E-state index contributed by atoms with van der Waals surface area (Å²) in [5.74, 6) is -1.02. The summed E-state index contributed by atoms with van der Waals surface area (Å²) in [4.78, 5) is 42.9. The van der Waals surface area contributed by atoms with Crippen molar-refractivity contribution >= 4 is 19.8 Å². The van der Waals surface area contributed by atoms with Crippen molar-refractivity contribution in [1.82, 2.24) is 0 Å². The van der Waals surface area contributed by atoms with E-state index in [9.17, 15) is 19.3 Å². The van der Waals surface area contributed by atoms with Crippen molar-refractivity contribution in [3.8, 4) is 0 Å². The number of aliphatic hydroxyl groups is 1. The van der Waals surface area contributed by atoms with E-state index in [1.807, 2.05) is 48.6 Å². The van der Waals surface area contributed by atoms with Crippen molar-refractivity contribution in [3.05, 3.63) is 97.2 Å². The maximum Gasteiger partial charge on any atom is 0.469 e. The van der Waals surface area contributed by atoms with Gasteiger partial charge in [0.05, 0.1) is 12.7 Å². The van der Waals surface area contributed by atoms with Gasteiger partial charge in [-0.2, -0.15) is 0 Å². The number of phosphoric acid groups is 1. The molecule has 1 unspecified atom stereocenters. The number of allylic oxidation sites excluding steroid dienone is 14. The van der Waals surface area contributed by atoms with Crippen LogP contribution in [0.15, 0.2) is 97.2 Å². The first-order valence-corrected chi connectivity index (χ1v) is 23.2. The Morgan fingerprint density at radius 2 is 1.09 bits per heavy atom. The summed E-state index contributed by atoms with van der Waals surface area (Å²) in [6.45, 7) is 3.38. The van der Waals surface area contributed by atoms with Crippen molar-refractivity contribution in [1.29, 1.82) is 0 Å². The second kappa shape index (κ2) is 41.1. The van der Waals surface area contributed by atoms with E-state index >= 15 is 0 Å². The molecule has 0 radical (unpaired) electrons. The van der Waals surface area contributed by atoms with Crippen molar-refractivity contribution < 1.29 is 43.0 Å². The van der Waals surface area contributed by atoms with Gasteiger partial charge >= 0.3 is 19.8 Å². The third kappa shape index (κ3) is 43.9. The van der Waals surface area contributed by atoms with Crippen LogP contribution in [0.3, 0.4) is 0 Å². The molecule has 0 amide bonds. The Hall–Kier alpha value is -3.07. The molecule has 0 spiro atoms. The van der Waals surface area contributed by atoms with Gasteiger partial charge in [0.1, 0.15) is 6.61 Å². The third-order valence-electron chi connectivity index (χ3n) is 8.68. The van der Waals surface area contributed by atoms with Gasteiger partial charge in [-0.15, -0.1) is 0 Å². The van der Waals surface area contributed by atoms with Crippen LogP contribution in [0.4, 0.5) is 0 Å². The smallest absolute Gasteiger partial charge is 0.462 e. The Kier molecular flexibility index (Phi) is 38.9. The summed E-state index contributed by atoms with van der Waals surface area (Å²) >= 11 is 0. The second-order valence-electron chi connectivity index (χ2n) is 14.1. The predicted molar refractivity (Wildman–Crippen MR) is 236 cm³/mol. The summed E-state index contributed by atoms with van der Waals surface area (Å²) in [5.41, 5.74) is 0. The Balaban J connectivity index is 4.09. The Morgan fingerprint density at radius 1 is 0.561 bits per heavy atom. The Labute approximate surface area is 346 Å².